The molecule has 7 heteroatoms. The number of nitrogens with zero attached hydrogens (tertiary/aromatic N) is 2. The summed E-state index contributed by atoms with van der Waals surface area (Å²) in [4.78, 5) is 18.1. The van der Waals surface area contributed by atoms with Crippen molar-refractivity contribution in [3.05, 3.63) is 35.6 Å². The molecule has 0 amide bonds. The third kappa shape index (κ3) is 5.16. The lowest BCUT2D eigenvalue weighted by Crippen LogP contribution is -2.47. The number of carbonyl (C=O) groups excluding carboxylic acids is 1. The van der Waals surface area contributed by atoms with E-state index < -0.39 is 0 Å². The van der Waals surface area contributed by atoms with Crippen LogP contribution in [0.15, 0.2) is 29.3 Å². The van der Waals surface area contributed by atoms with Gasteiger partial charge in [-0.3, -0.25) is 9.79 Å². The van der Waals surface area contributed by atoms with Gasteiger partial charge in [-0.15, -0.1) is 0 Å². The van der Waals surface area contributed by atoms with Crippen molar-refractivity contribution >= 4 is 11.9 Å². The molecule has 0 bridgehead atoms. The first-order valence-corrected chi connectivity index (χ1v) is 8.40. The molecule has 1 atom stereocenters. The van der Waals surface area contributed by atoms with Crippen LogP contribution in [0.4, 0.5) is 4.39 Å². The number of esters is 1. The molecule has 1 heterocycles. The Balaban J connectivity index is 1.89. The molecule has 6 nitrogen and oxygen atoms in total. The Kier molecular flexibility index (Phi) is 7.18. The average Bonchev–Trinajstić information content (AvgIpc) is 2.66. The van der Waals surface area contributed by atoms with Crippen molar-refractivity contribution in [1.82, 2.24) is 10.2 Å². The van der Waals surface area contributed by atoms with Gasteiger partial charge in [0.05, 0.1) is 19.1 Å². The van der Waals surface area contributed by atoms with E-state index in [9.17, 15) is 9.18 Å². The first-order chi connectivity index (χ1) is 12.1. The normalized spacial score (nSPS) is 17.3. The molecule has 0 spiro atoms. The first kappa shape index (κ1) is 19.2. The maximum absolute atomic E-state index is 13.1. The molecular weight excluding hydrogens is 325 g/mol. The largest absolute Gasteiger partial charge is 0.469 e. The van der Waals surface area contributed by atoms with E-state index in [1.54, 1.807) is 26.3 Å². The summed E-state index contributed by atoms with van der Waals surface area (Å²) in [7, 11) is 4.78. The lowest BCUT2D eigenvalue weighted by Gasteiger charge is -2.33. The lowest BCUT2D eigenvalue weighted by molar-refractivity contribution is -0.146. The summed E-state index contributed by atoms with van der Waals surface area (Å²) >= 11 is 0. The molecule has 1 aromatic rings. The molecular formula is C18H26FN3O3. The fraction of sp³-hybridized carbons (Fsp3) is 0.556. The van der Waals surface area contributed by atoms with Gasteiger partial charge in [0.2, 0.25) is 0 Å². The molecule has 1 aliphatic rings. The number of carbonyl (C=O) groups is 1. The number of benzene rings is 1. The molecule has 0 radical (unpaired) electrons. The van der Waals surface area contributed by atoms with E-state index >= 15 is 0 Å². The van der Waals surface area contributed by atoms with Crippen molar-refractivity contribution in [2.45, 2.75) is 18.9 Å². The number of ether oxygens (including phenoxy) is 2. The molecule has 138 valence electrons. The lowest BCUT2D eigenvalue weighted by atomic mass is 9.97. The highest BCUT2D eigenvalue weighted by Crippen LogP contribution is 2.19. The molecule has 1 unspecified atom stereocenters. The highest BCUT2D eigenvalue weighted by Gasteiger charge is 2.27. The summed E-state index contributed by atoms with van der Waals surface area (Å²) in [6.45, 7) is 2.01. The van der Waals surface area contributed by atoms with Crippen LogP contribution in [0, 0.1) is 11.7 Å². The summed E-state index contributed by atoms with van der Waals surface area (Å²) in [5, 5.41) is 3.30. The zero-order valence-corrected chi connectivity index (χ0v) is 15.0. The number of nitrogens with one attached hydrogen (secondary N) is 1. The van der Waals surface area contributed by atoms with Gasteiger partial charge >= 0.3 is 5.97 Å². The van der Waals surface area contributed by atoms with Crippen LogP contribution in [0.1, 0.15) is 24.5 Å². The van der Waals surface area contributed by atoms with Crippen molar-refractivity contribution in [1.29, 1.82) is 0 Å². The molecule has 0 saturated carbocycles. The zero-order chi connectivity index (χ0) is 18.2. The number of aliphatic imine (C=N–C) groups is 1. The quantitative estimate of drug-likeness (QED) is 0.499. The van der Waals surface area contributed by atoms with Crippen LogP contribution in [0.25, 0.3) is 0 Å². The molecule has 25 heavy (non-hydrogen) atoms. The third-order valence-corrected chi connectivity index (χ3v) is 4.51. The minimum Gasteiger partial charge on any atom is -0.469 e. The van der Waals surface area contributed by atoms with Gasteiger partial charge in [0.25, 0.3) is 0 Å². The SMILES string of the molecule is CN=C(NCC(OC)c1ccc(F)cc1)N1CCC(C(=O)OC)CC1. The van der Waals surface area contributed by atoms with Gasteiger partial charge in [0, 0.05) is 33.8 Å². The molecule has 1 aliphatic heterocycles. The minimum atomic E-state index is -0.268. The number of guanidine groups is 1. The van der Waals surface area contributed by atoms with E-state index in [0.717, 1.165) is 37.5 Å². The number of hydrogen-bond acceptors (Lipinski definition) is 4. The van der Waals surface area contributed by atoms with Crippen molar-refractivity contribution in [3.8, 4) is 0 Å². The number of likely N-dealkylation sites (tertiary alicyclic amines) is 1. The number of piperidine rings is 1. The second-order valence-corrected chi connectivity index (χ2v) is 5.99. The monoisotopic (exact) mass is 351 g/mol. The summed E-state index contributed by atoms with van der Waals surface area (Å²) in [6.07, 6.45) is 1.29. The van der Waals surface area contributed by atoms with Gasteiger partial charge in [-0.25, -0.2) is 4.39 Å². The van der Waals surface area contributed by atoms with Crippen molar-refractivity contribution in [2.75, 3.05) is 40.9 Å². The fourth-order valence-electron chi connectivity index (χ4n) is 3.02. The second-order valence-electron chi connectivity index (χ2n) is 5.99. The average molecular weight is 351 g/mol. The van der Waals surface area contributed by atoms with Crippen LogP contribution < -0.4 is 5.32 Å². The predicted octanol–water partition coefficient (Wildman–Crippen LogP) is 1.97. The van der Waals surface area contributed by atoms with E-state index in [1.807, 2.05) is 0 Å². The van der Waals surface area contributed by atoms with E-state index in [4.69, 9.17) is 9.47 Å². The number of halogens is 1. The van der Waals surface area contributed by atoms with Crippen molar-refractivity contribution in [3.63, 3.8) is 0 Å². The van der Waals surface area contributed by atoms with Gasteiger partial charge in [0.15, 0.2) is 5.96 Å². The van der Waals surface area contributed by atoms with Crippen LogP contribution >= 0.6 is 0 Å². The molecule has 1 N–H and O–H groups in total. The van der Waals surface area contributed by atoms with Crippen molar-refractivity contribution in [2.24, 2.45) is 10.9 Å². The number of hydrogen-bond donors (Lipinski definition) is 1. The Morgan fingerprint density at radius 1 is 1.32 bits per heavy atom. The van der Waals surface area contributed by atoms with E-state index in [-0.39, 0.29) is 23.8 Å². The highest BCUT2D eigenvalue weighted by atomic mass is 19.1. The van der Waals surface area contributed by atoms with Gasteiger partial charge < -0.3 is 19.7 Å². The topological polar surface area (TPSA) is 63.2 Å². The van der Waals surface area contributed by atoms with Gasteiger partial charge in [-0.2, -0.15) is 0 Å². The Labute approximate surface area is 148 Å². The van der Waals surface area contributed by atoms with Crippen LogP contribution in [0.3, 0.4) is 0 Å². The minimum absolute atomic E-state index is 0.0368. The fourth-order valence-corrected chi connectivity index (χ4v) is 3.02. The standard InChI is InChI=1S/C18H26FN3O3/c1-20-18(22-10-8-14(9-11-22)17(23)25-3)21-12-16(24-2)13-4-6-15(19)7-5-13/h4-7,14,16H,8-12H2,1-3H3,(H,20,21). The molecule has 1 aromatic carbocycles. The Bertz CT molecular complexity index is 584. The first-order valence-electron chi connectivity index (χ1n) is 8.40. The van der Waals surface area contributed by atoms with E-state index in [1.165, 1.54) is 19.2 Å². The molecule has 1 saturated heterocycles. The van der Waals surface area contributed by atoms with Crippen molar-refractivity contribution < 1.29 is 18.7 Å². The Morgan fingerprint density at radius 3 is 2.48 bits per heavy atom. The maximum atomic E-state index is 13.1. The highest BCUT2D eigenvalue weighted by molar-refractivity contribution is 5.80. The Morgan fingerprint density at radius 2 is 1.96 bits per heavy atom. The maximum Gasteiger partial charge on any atom is 0.308 e. The smallest absolute Gasteiger partial charge is 0.308 e. The van der Waals surface area contributed by atoms with Gasteiger partial charge in [0.1, 0.15) is 5.82 Å². The second kappa shape index (κ2) is 9.36. The van der Waals surface area contributed by atoms with Crippen LogP contribution in [-0.4, -0.2) is 57.7 Å². The van der Waals surface area contributed by atoms with Gasteiger partial charge in [-0.1, -0.05) is 12.1 Å². The van der Waals surface area contributed by atoms with Crippen LogP contribution in [0.2, 0.25) is 0 Å². The van der Waals surface area contributed by atoms with Gasteiger partial charge in [-0.05, 0) is 30.5 Å². The Hall–Kier alpha value is -2.15. The summed E-state index contributed by atoms with van der Waals surface area (Å²) in [5.74, 6) is 0.326. The molecule has 0 aliphatic carbocycles. The molecule has 2 rings (SSSR count). The summed E-state index contributed by atoms with van der Waals surface area (Å²) in [5.41, 5.74) is 0.899. The molecule has 0 aromatic heterocycles. The summed E-state index contributed by atoms with van der Waals surface area (Å²) in [6, 6.07) is 6.28. The van der Waals surface area contributed by atoms with E-state index in [0.29, 0.717) is 6.54 Å². The van der Waals surface area contributed by atoms with E-state index in [2.05, 4.69) is 15.2 Å². The summed E-state index contributed by atoms with van der Waals surface area (Å²) < 4.78 is 23.4. The zero-order valence-electron chi connectivity index (χ0n) is 15.0. The van der Waals surface area contributed by atoms with Crippen LogP contribution in [-0.2, 0) is 14.3 Å². The predicted molar refractivity (Wildman–Crippen MR) is 93.8 cm³/mol. The van der Waals surface area contributed by atoms with Crippen LogP contribution in [0.5, 0.6) is 0 Å². The number of methoxy groups -OCH3 is 2. The molecule has 1 fully saturated rings. The number of rotatable bonds is 5. The third-order valence-electron chi connectivity index (χ3n) is 4.51.